The van der Waals surface area contributed by atoms with Crippen LogP contribution in [-0.2, 0) is 15.6 Å². The molecule has 0 N–H and O–H groups in total. The first-order valence-electron chi connectivity index (χ1n) is 6.21. The van der Waals surface area contributed by atoms with Crippen LogP contribution in [0.2, 0.25) is 0 Å². The van der Waals surface area contributed by atoms with Gasteiger partial charge in [0.2, 0.25) is 0 Å². The van der Waals surface area contributed by atoms with Crippen LogP contribution in [0.25, 0.3) is 11.4 Å². The standard InChI is InChI=1S/C13H13ClN4O2S/c1-9(2)8-18-12(16-17-13(18)21(14,19)20)11-5-3-10(7-15)4-6-11/h3-6,9H,8H2,1-2H3. The number of nitriles is 1. The van der Waals surface area contributed by atoms with E-state index in [1.807, 2.05) is 19.9 Å². The molecule has 21 heavy (non-hydrogen) atoms. The second-order valence-electron chi connectivity index (χ2n) is 4.94. The average molecular weight is 325 g/mol. The molecule has 0 spiro atoms. The van der Waals surface area contributed by atoms with E-state index in [2.05, 4.69) is 10.2 Å². The SMILES string of the molecule is CC(C)Cn1c(-c2ccc(C#N)cc2)nnc1S(=O)(=O)Cl. The Morgan fingerprint density at radius 1 is 1.29 bits per heavy atom. The van der Waals surface area contributed by atoms with Gasteiger partial charge in [-0.2, -0.15) is 5.26 Å². The van der Waals surface area contributed by atoms with Crippen LogP contribution < -0.4 is 0 Å². The molecule has 8 heteroatoms. The van der Waals surface area contributed by atoms with Crippen LogP contribution in [0.5, 0.6) is 0 Å². The second kappa shape index (κ2) is 5.84. The van der Waals surface area contributed by atoms with E-state index in [1.165, 1.54) is 4.57 Å². The summed E-state index contributed by atoms with van der Waals surface area (Å²) < 4.78 is 24.6. The Labute approximate surface area is 127 Å². The predicted octanol–water partition coefficient (Wildman–Crippen LogP) is 2.40. The highest BCUT2D eigenvalue weighted by molar-refractivity contribution is 8.13. The Balaban J connectivity index is 2.58. The normalized spacial score (nSPS) is 11.6. The quantitative estimate of drug-likeness (QED) is 0.806. The van der Waals surface area contributed by atoms with Gasteiger partial charge in [0.15, 0.2) is 5.82 Å². The summed E-state index contributed by atoms with van der Waals surface area (Å²) in [4.78, 5) is 0. The smallest absolute Gasteiger partial charge is 0.296 e. The van der Waals surface area contributed by atoms with Gasteiger partial charge in [-0.05, 0) is 30.2 Å². The fourth-order valence-corrected chi connectivity index (χ4v) is 2.81. The molecule has 0 saturated carbocycles. The minimum Gasteiger partial charge on any atom is -0.297 e. The molecule has 2 aromatic rings. The van der Waals surface area contributed by atoms with Crippen LogP contribution >= 0.6 is 10.7 Å². The minimum absolute atomic E-state index is 0.190. The van der Waals surface area contributed by atoms with Gasteiger partial charge in [0.1, 0.15) is 0 Å². The van der Waals surface area contributed by atoms with Crippen molar-refractivity contribution in [3.8, 4) is 17.5 Å². The lowest BCUT2D eigenvalue weighted by Crippen LogP contribution is -2.11. The van der Waals surface area contributed by atoms with Crippen molar-refractivity contribution in [2.24, 2.45) is 5.92 Å². The molecule has 0 saturated heterocycles. The lowest BCUT2D eigenvalue weighted by atomic mass is 10.1. The average Bonchev–Trinajstić information content (AvgIpc) is 2.81. The summed E-state index contributed by atoms with van der Waals surface area (Å²) in [5.74, 6) is 0.600. The van der Waals surface area contributed by atoms with E-state index in [4.69, 9.17) is 15.9 Å². The molecule has 110 valence electrons. The van der Waals surface area contributed by atoms with Crippen LogP contribution in [0.1, 0.15) is 19.4 Å². The summed E-state index contributed by atoms with van der Waals surface area (Å²) >= 11 is 0. The van der Waals surface area contributed by atoms with Gasteiger partial charge in [-0.25, -0.2) is 8.42 Å². The highest BCUT2D eigenvalue weighted by atomic mass is 35.7. The highest BCUT2D eigenvalue weighted by Crippen LogP contribution is 2.24. The molecule has 1 aromatic carbocycles. The fourth-order valence-electron chi connectivity index (χ4n) is 1.91. The summed E-state index contributed by atoms with van der Waals surface area (Å²) in [5.41, 5.74) is 1.19. The van der Waals surface area contributed by atoms with Gasteiger partial charge in [0, 0.05) is 22.8 Å². The first kappa shape index (κ1) is 15.5. The van der Waals surface area contributed by atoms with Crippen LogP contribution in [0.3, 0.4) is 0 Å². The van der Waals surface area contributed by atoms with E-state index >= 15 is 0 Å². The number of benzene rings is 1. The Bertz CT molecular complexity index is 789. The number of hydrogen-bond donors (Lipinski definition) is 0. The molecule has 0 bridgehead atoms. The van der Waals surface area contributed by atoms with Gasteiger partial charge >= 0.3 is 0 Å². The molecule has 1 aromatic heterocycles. The summed E-state index contributed by atoms with van der Waals surface area (Å²) in [6.07, 6.45) is 0. The molecule has 0 aliphatic heterocycles. The molecule has 0 unspecified atom stereocenters. The van der Waals surface area contributed by atoms with Gasteiger partial charge in [0.05, 0.1) is 11.6 Å². The van der Waals surface area contributed by atoms with Crippen LogP contribution in [0.4, 0.5) is 0 Å². The second-order valence-corrected chi connectivity index (χ2v) is 7.40. The number of nitrogens with zero attached hydrogens (tertiary/aromatic N) is 4. The summed E-state index contributed by atoms with van der Waals surface area (Å²) in [6.45, 7) is 4.32. The van der Waals surface area contributed by atoms with E-state index in [0.29, 0.717) is 23.5 Å². The third-order valence-electron chi connectivity index (χ3n) is 2.75. The lowest BCUT2D eigenvalue weighted by molar-refractivity contribution is 0.488. The molecule has 1 heterocycles. The summed E-state index contributed by atoms with van der Waals surface area (Å²) in [6, 6.07) is 8.69. The number of halogens is 1. The molecule has 0 radical (unpaired) electrons. The van der Waals surface area contributed by atoms with Crippen molar-refractivity contribution in [3.63, 3.8) is 0 Å². The van der Waals surface area contributed by atoms with Gasteiger partial charge in [-0.15, -0.1) is 10.2 Å². The number of rotatable bonds is 4. The fraction of sp³-hybridized carbons (Fsp3) is 0.308. The summed E-state index contributed by atoms with van der Waals surface area (Å²) in [5, 5.41) is 16.2. The molecule has 0 amide bonds. The van der Waals surface area contributed by atoms with Gasteiger partial charge in [0.25, 0.3) is 14.2 Å². The topological polar surface area (TPSA) is 88.6 Å². The van der Waals surface area contributed by atoms with E-state index in [-0.39, 0.29) is 11.1 Å². The molecule has 0 fully saturated rings. The zero-order chi connectivity index (χ0) is 15.6. The number of aromatic nitrogens is 3. The van der Waals surface area contributed by atoms with E-state index in [0.717, 1.165) is 0 Å². The van der Waals surface area contributed by atoms with Gasteiger partial charge < -0.3 is 0 Å². The van der Waals surface area contributed by atoms with Gasteiger partial charge in [-0.3, -0.25) is 4.57 Å². The van der Waals surface area contributed by atoms with Crippen molar-refractivity contribution in [3.05, 3.63) is 29.8 Å². The maximum absolute atomic E-state index is 11.6. The van der Waals surface area contributed by atoms with Gasteiger partial charge in [-0.1, -0.05) is 13.8 Å². The van der Waals surface area contributed by atoms with E-state index in [9.17, 15) is 8.42 Å². The van der Waals surface area contributed by atoms with Crippen molar-refractivity contribution < 1.29 is 8.42 Å². The zero-order valence-electron chi connectivity index (χ0n) is 11.5. The maximum Gasteiger partial charge on any atom is 0.296 e. The zero-order valence-corrected chi connectivity index (χ0v) is 13.1. The third-order valence-corrected chi connectivity index (χ3v) is 3.91. The first-order valence-corrected chi connectivity index (χ1v) is 8.52. The Hall–Kier alpha value is -1.91. The van der Waals surface area contributed by atoms with E-state index in [1.54, 1.807) is 24.3 Å². The molecule has 0 aliphatic carbocycles. The van der Waals surface area contributed by atoms with Crippen LogP contribution in [-0.4, -0.2) is 23.2 Å². The van der Waals surface area contributed by atoms with Crippen molar-refractivity contribution >= 4 is 19.7 Å². The molecule has 6 nitrogen and oxygen atoms in total. The van der Waals surface area contributed by atoms with Crippen molar-refractivity contribution in [1.82, 2.24) is 14.8 Å². The summed E-state index contributed by atoms with van der Waals surface area (Å²) in [7, 11) is 1.43. The van der Waals surface area contributed by atoms with Crippen LogP contribution in [0.15, 0.2) is 29.4 Å². The third kappa shape index (κ3) is 3.40. The Morgan fingerprint density at radius 2 is 1.90 bits per heavy atom. The highest BCUT2D eigenvalue weighted by Gasteiger charge is 2.23. The molecular weight excluding hydrogens is 312 g/mol. The maximum atomic E-state index is 11.6. The molecule has 2 rings (SSSR count). The number of hydrogen-bond acceptors (Lipinski definition) is 5. The van der Waals surface area contributed by atoms with Crippen molar-refractivity contribution in [2.45, 2.75) is 25.5 Å². The van der Waals surface area contributed by atoms with Crippen LogP contribution in [0, 0.1) is 17.2 Å². The molecule has 0 aliphatic rings. The van der Waals surface area contributed by atoms with Crippen molar-refractivity contribution in [2.75, 3.05) is 0 Å². The molecule has 0 atom stereocenters. The van der Waals surface area contributed by atoms with Crippen molar-refractivity contribution in [1.29, 1.82) is 5.26 Å². The Kier molecular flexibility index (Phi) is 4.30. The molecular formula is C13H13ClN4O2S. The Morgan fingerprint density at radius 3 is 2.38 bits per heavy atom. The largest absolute Gasteiger partial charge is 0.297 e. The first-order chi connectivity index (χ1) is 9.82. The lowest BCUT2D eigenvalue weighted by Gasteiger charge is -2.11. The predicted molar refractivity (Wildman–Crippen MR) is 78.0 cm³/mol. The minimum atomic E-state index is -3.97. The monoisotopic (exact) mass is 324 g/mol. The van der Waals surface area contributed by atoms with E-state index < -0.39 is 9.05 Å².